The number of ether oxygens (including phenoxy) is 1. The molecule has 0 fully saturated rings. The zero-order valence-electron chi connectivity index (χ0n) is 17.8. The van der Waals surface area contributed by atoms with E-state index >= 15 is 0 Å². The minimum Gasteiger partial charge on any atom is -0.383 e. The number of hydrogen-bond acceptors (Lipinski definition) is 7. The van der Waals surface area contributed by atoms with Crippen molar-refractivity contribution >= 4 is 27.7 Å². The van der Waals surface area contributed by atoms with Crippen molar-refractivity contribution < 1.29 is 17.9 Å². The molecule has 11 heteroatoms. The summed E-state index contributed by atoms with van der Waals surface area (Å²) < 4.78 is 29.8. The number of nitrogens with one attached hydrogen (secondary N) is 1. The summed E-state index contributed by atoms with van der Waals surface area (Å²) in [6.07, 6.45) is 0. The molecule has 1 heterocycles. The summed E-state index contributed by atoms with van der Waals surface area (Å²) in [6, 6.07) is 14.1. The van der Waals surface area contributed by atoms with Crippen LogP contribution in [0.3, 0.4) is 0 Å². The van der Waals surface area contributed by atoms with Gasteiger partial charge < -0.3 is 10.1 Å². The fourth-order valence-electron chi connectivity index (χ4n) is 2.96. The molecule has 3 N–H and O–H groups in total. The van der Waals surface area contributed by atoms with E-state index in [0.29, 0.717) is 18.3 Å². The third-order valence-corrected chi connectivity index (χ3v) is 6.48. The summed E-state index contributed by atoms with van der Waals surface area (Å²) in [4.78, 5) is 12.4. The quantitative estimate of drug-likeness (QED) is 0.429. The number of aromatic nitrogens is 3. The second-order valence-corrected chi connectivity index (χ2v) is 9.58. The Hall–Kier alpha value is -2.73. The predicted molar refractivity (Wildman–Crippen MR) is 122 cm³/mol. The fourth-order valence-corrected chi connectivity index (χ4v) is 4.27. The van der Waals surface area contributed by atoms with E-state index in [2.05, 4.69) is 15.5 Å². The van der Waals surface area contributed by atoms with Gasteiger partial charge in [-0.2, -0.15) is 0 Å². The van der Waals surface area contributed by atoms with Crippen LogP contribution < -0.4 is 10.5 Å². The van der Waals surface area contributed by atoms with Gasteiger partial charge in [-0.25, -0.2) is 13.6 Å². The van der Waals surface area contributed by atoms with Crippen molar-refractivity contribution in [2.24, 2.45) is 5.14 Å². The number of amides is 1. The molecule has 1 amide bonds. The fraction of sp³-hybridized carbons (Fsp3) is 0.286. The van der Waals surface area contributed by atoms with Crippen LogP contribution in [0.4, 0.5) is 0 Å². The van der Waals surface area contributed by atoms with E-state index in [1.165, 1.54) is 23.9 Å². The maximum Gasteiger partial charge on any atom is 0.238 e. The second-order valence-electron chi connectivity index (χ2n) is 7.07. The van der Waals surface area contributed by atoms with E-state index in [1.54, 1.807) is 19.2 Å². The van der Waals surface area contributed by atoms with Crippen molar-refractivity contribution in [3.8, 4) is 11.4 Å². The Kier molecular flexibility index (Phi) is 8.02. The minimum absolute atomic E-state index is 0.0305. The highest BCUT2D eigenvalue weighted by molar-refractivity contribution is 7.99. The summed E-state index contributed by atoms with van der Waals surface area (Å²) in [5.74, 6) is 0.710. The molecular formula is C21H25N5O4S2. The van der Waals surface area contributed by atoms with Gasteiger partial charge in [-0.1, -0.05) is 47.7 Å². The van der Waals surface area contributed by atoms with Crippen molar-refractivity contribution in [1.29, 1.82) is 0 Å². The first-order valence-electron chi connectivity index (χ1n) is 9.78. The molecule has 3 aromatic rings. The number of hydrogen-bond donors (Lipinski definition) is 2. The number of nitrogens with zero attached hydrogens (tertiary/aromatic N) is 3. The molecule has 0 aliphatic heterocycles. The summed E-state index contributed by atoms with van der Waals surface area (Å²) in [5, 5.41) is 17.1. The number of carbonyl (C=O) groups is 1. The first kappa shape index (κ1) is 23.9. The molecule has 32 heavy (non-hydrogen) atoms. The van der Waals surface area contributed by atoms with Crippen molar-refractivity contribution in [2.75, 3.05) is 19.5 Å². The van der Waals surface area contributed by atoms with Crippen LogP contribution in [0.5, 0.6) is 0 Å². The third-order valence-electron chi connectivity index (χ3n) is 4.59. The van der Waals surface area contributed by atoms with Crippen molar-refractivity contribution in [3.05, 3.63) is 59.7 Å². The van der Waals surface area contributed by atoms with Crippen LogP contribution in [-0.2, 0) is 32.6 Å². The SMILES string of the molecule is COCCn1c(SCC(=O)NCc2ccc(S(N)(=O)=O)cc2)nnc1-c1cccc(C)c1. The maximum atomic E-state index is 12.3. The lowest BCUT2D eigenvalue weighted by Crippen LogP contribution is -2.25. The van der Waals surface area contributed by atoms with Gasteiger partial charge in [0.1, 0.15) is 0 Å². The number of carbonyl (C=O) groups excluding carboxylic acids is 1. The molecule has 0 bridgehead atoms. The summed E-state index contributed by atoms with van der Waals surface area (Å²) in [6.45, 7) is 3.34. The van der Waals surface area contributed by atoms with Crippen molar-refractivity contribution in [2.45, 2.75) is 30.1 Å². The van der Waals surface area contributed by atoms with Crippen LogP contribution >= 0.6 is 11.8 Å². The highest BCUT2D eigenvalue weighted by Gasteiger charge is 2.16. The summed E-state index contributed by atoms with van der Waals surface area (Å²) in [7, 11) is -2.11. The van der Waals surface area contributed by atoms with Crippen LogP contribution in [0, 0.1) is 6.92 Å². The van der Waals surface area contributed by atoms with Gasteiger partial charge in [0.2, 0.25) is 15.9 Å². The Morgan fingerprint density at radius 3 is 2.59 bits per heavy atom. The lowest BCUT2D eigenvalue weighted by Gasteiger charge is -2.10. The van der Waals surface area contributed by atoms with Crippen LogP contribution in [0.1, 0.15) is 11.1 Å². The van der Waals surface area contributed by atoms with Crippen LogP contribution in [0.25, 0.3) is 11.4 Å². The Morgan fingerprint density at radius 1 is 1.19 bits per heavy atom. The van der Waals surface area contributed by atoms with Gasteiger partial charge in [0.25, 0.3) is 0 Å². The highest BCUT2D eigenvalue weighted by Crippen LogP contribution is 2.24. The Bertz CT molecular complexity index is 1180. The first-order chi connectivity index (χ1) is 15.3. The van der Waals surface area contributed by atoms with Crippen molar-refractivity contribution in [3.63, 3.8) is 0 Å². The average Bonchev–Trinajstić information content (AvgIpc) is 3.17. The normalized spacial score (nSPS) is 11.5. The standard InChI is InChI=1S/C21H25N5O4S2/c1-15-4-3-5-17(12-15)20-24-25-21(26(20)10-11-30-2)31-14-19(27)23-13-16-6-8-18(9-7-16)32(22,28)29/h3-9,12H,10-11,13-14H2,1-2H3,(H,23,27)(H2,22,28,29). The number of primary sulfonamides is 1. The molecule has 1 aromatic heterocycles. The third kappa shape index (κ3) is 6.39. The molecule has 0 spiro atoms. The van der Waals surface area contributed by atoms with E-state index < -0.39 is 10.0 Å². The van der Waals surface area contributed by atoms with Gasteiger partial charge in [-0.05, 0) is 30.7 Å². The minimum atomic E-state index is -3.74. The number of rotatable bonds is 10. The summed E-state index contributed by atoms with van der Waals surface area (Å²) in [5.41, 5.74) is 2.84. The number of sulfonamides is 1. The Labute approximate surface area is 191 Å². The van der Waals surface area contributed by atoms with Gasteiger partial charge in [0, 0.05) is 19.2 Å². The van der Waals surface area contributed by atoms with Gasteiger partial charge >= 0.3 is 0 Å². The summed E-state index contributed by atoms with van der Waals surface area (Å²) >= 11 is 1.29. The number of benzene rings is 2. The van der Waals surface area contributed by atoms with Crippen molar-refractivity contribution in [1.82, 2.24) is 20.1 Å². The van der Waals surface area contributed by atoms with Gasteiger partial charge in [-0.3, -0.25) is 9.36 Å². The molecule has 0 aliphatic carbocycles. The molecule has 0 aliphatic rings. The molecule has 170 valence electrons. The smallest absolute Gasteiger partial charge is 0.238 e. The number of methoxy groups -OCH3 is 1. The molecule has 0 radical (unpaired) electrons. The van der Waals surface area contributed by atoms with E-state index in [4.69, 9.17) is 9.88 Å². The van der Waals surface area contributed by atoms with Crippen LogP contribution in [0.15, 0.2) is 58.6 Å². The van der Waals surface area contributed by atoms with E-state index in [9.17, 15) is 13.2 Å². The zero-order valence-corrected chi connectivity index (χ0v) is 19.4. The monoisotopic (exact) mass is 475 g/mol. The molecule has 2 aromatic carbocycles. The topological polar surface area (TPSA) is 129 Å². The van der Waals surface area contributed by atoms with E-state index in [-0.39, 0.29) is 23.1 Å². The van der Waals surface area contributed by atoms with Crippen LogP contribution in [0.2, 0.25) is 0 Å². The average molecular weight is 476 g/mol. The number of nitrogens with two attached hydrogens (primary N) is 1. The Morgan fingerprint density at radius 2 is 1.94 bits per heavy atom. The molecular weight excluding hydrogens is 450 g/mol. The molecule has 0 unspecified atom stereocenters. The second kappa shape index (κ2) is 10.7. The Balaban J connectivity index is 1.62. The van der Waals surface area contributed by atoms with Gasteiger partial charge in [0.15, 0.2) is 11.0 Å². The maximum absolute atomic E-state index is 12.3. The molecule has 0 saturated carbocycles. The predicted octanol–water partition coefficient (Wildman–Crippen LogP) is 1.96. The number of thioether (sulfide) groups is 1. The van der Waals surface area contributed by atoms with E-state index in [0.717, 1.165) is 22.5 Å². The lowest BCUT2D eigenvalue weighted by molar-refractivity contribution is -0.118. The lowest BCUT2D eigenvalue weighted by atomic mass is 10.1. The van der Waals surface area contributed by atoms with Crippen LogP contribution in [-0.4, -0.2) is 48.6 Å². The highest BCUT2D eigenvalue weighted by atomic mass is 32.2. The van der Waals surface area contributed by atoms with Gasteiger partial charge in [-0.15, -0.1) is 10.2 Å². The zero-order chi connectivity index (χ0) is 23.1. The first-order valence-corrected chi connectivity index (χ1v) is 12.3. The molecule has 3 rings (SSSR count). The van der Waals surface area contributed by atoms with E-state index in [1.807, 2.05) is 35.8 Å². The molecule has 9 nitrogen and oxygen atoms in total. The molecule has 0 saturated heterocycles. The largest absolute Gasteiger partial charge is 0.383 e. The molecule has 0 atom stereocenters. The van der Waals surface area contributed by atoms with Gasteiger partial charge in [0.05, 0.1) is 23.8 Å². The number of aryl methyl sites for hydroxylation is 1.